The summed E-state index contributed by atoms with van der Waals surface area (Å²) in [7, 11) is 0. The first-order valence-corrected chi connectivity index (χ1v) is 12.2. The van der Waals surface area contributed by atoms with Crippen LogP contribution in [0.4, 0.5) is 23.4 Å². The summed E-state index contributed by atoms with van der Waals surface area (Å²) in [5.74, 6) is -1.05. The van der Waals surface area contributed by atoms with Crippen molar-refractivity contribution in [1.82, 2.24) is 24.7 Å². The van der Waals surface area contributed by atoms with Crippen LogP contribution >= 0.6 is 0 Å². The highest BCUT2D eigenvalue weighted by Gasteiger charge is 2.27. The van der Waals surface area contributed by atoms with E-state index in [1.165, 1.54) is 24.7 Å². The molecular weight excluding hydrogens is 504 g/mol. The van der Waals surface area contributed by atoms with E-state index in [1.54, 1.807) is 6.07 Å². The second kappa shape index (κ2) is 10.5. The van der Waals surface area contributed by atoms with Crippen molar-refractivity contribution in [3.63, 3.8) is 0 Å². The molecule has 1 aromatic carbocycles. The van der Waals surface area contributed by atoms with Crippen molar-refractivity contribution >= 4 is 16.9 Å². The van der Waals surface area contributed by atoms with Crippen LogP contribution in [-0.4, -0.2) is 49.0 Å². The van der Waals surface area contributed by atoms with Gasteiger partial charge in [-0.25, -0.2) is 23.4 Å². The number of aromatic nitrogens is 5. The van der Waals surface area contributed by atoms with Crippen LogP contribution in [0.3, 0.4) is 0 Å². The Morgan fingerprint density at radius 2 is 1.79 bits per heavy atom. The van der Waals surface area contributed by atoms with Crippen molar-refractivity contribution in [3.8, 4) is 17.0 Å². The molecule has 3 aromatic heterocycles. The number of piperidine rings is 1. The number of hydrogen-bond acceptors (Lipinski definition) is 7. The van der Waals surface area contributed by atoms with Gasteiger partial charge in [0.25, 0.3) is 0 Å². The van der Waals surface area contributed by atoms with E-state index in [0.29, 0.717) is 64.4 Å². The van der Waals surface area contributed by atoms with E-state index in [1.807, 2.05) is 18.7 Å². The molecule has 0 bridgehead atoms. The van der Waals surface area contributed by atoms with Crippen LogP contribution in [0, 0.1) is 17.6 Å². The normalized spacial score (nSPS) is 15.6. The third kappa shape index (κ3) is 5.26. The smallest absolute Gasteiger partial charge is 0.333 e. The number of ether oxygens (including phenoxy) is 1. The molecule has 0 saturated carbocycles. The Labute approximate surface area is 215 Å². The highest BCUT2D eigenvalue weighted by atomic mass is 19.3. The molecule has 200 valence electrons. The van der Waals surface area contributed by atoms with E-state index in [0.717, 1.165) is 12.1 Å². The number of pyridine rings is 1. The second-order valence-electron chi connectivity index (χ2n) is 9.55. The lowest BCUT2D eigenvalue weighted by molar-refractivity contribution is 0.0566. The molecule has 1 saturated heterocycles. The number of rotatable bonds is 7. The molecule has 1 atom stereocenters. The SMILES string of the molecule is CC(C)C(O)c1cc2nc(N3CCC(Oc4ccc(F)cc4F)CC3)c(-c3cnn(C(F)F)c3)nc2cn1. The topological polar surface area (TPSA) is 89.2 Å². The molecule has 1 unspecified atom stereocenters. The molecule has 8 nitrogen and oxygen atoms in total. The van der Waals surface area contributed by atoms with E-state index in [9.17, 15) is 22.7 Å². The summed E-state index contributed by atoms with van der Waals surface area (Å²) in [6.45, 7) is 1.89. The molecule has 0 amide bonds. The molecule has 0 radical (unpaired) electrons. The number of fused-ring (bicyclic) bond motifs is 1. The van der Waals surface area contributed by atoms with Gasteiger partial charge in [-0.2, -0.15) is 13.9 Å². The maximum atomic E-state index is 14.1. The van der Waals surface area contributed by atoms with Crippen molar-refractivity contribution in [3.05, 3.63) is 60.2 Å². The summed E-state index contributed by atoms with van der Waals surface area (Å²) in [4.78, 5) is 15.8. The molecule has 1 aliphatic rings. The molecule has 4 heterocycles. The van der Waals surface area contributed by atoms with Crippen molar-refractivity contribution in [2.45, 2.75) is 45.4 Å². The van der Waals surface area contributed by atoms with Gasteiger partial charge in [-0.1, -0.05) is 13.8 Å². The minimum Gasteiger partial charge on any atom is -0.487 e. The molecule has 0 spiro atoms. The van der Waals surface area contributed by atoms with Crippen LogP contribution < -0.4 is 9.64 Å². The number of alkyl halides is 2. The van der Waals surface area contributed by atoms with Gasteiger partial charge >= 0.3 is 6.55 Å². The third-order valence-corrected chi connectivity index (χ3v) is 6.49. The van der Waals surface area contributed by atoms with E-state index < -0.39 is 24.3 Å². The summed E-state index contributed by atoms with van der Waals surface area (Å²) in [5, 5.41) is 14.2. The van der Waals surface area contributed by atoms with E-state index >= 15 is 0 Å². The lowest BCUT2D eigenvalue weighted by atomic mass is 10.0. The fourth-order valence-electron chi connectivity index (χ4n) is 4.39. The van der Waals surface area contributed by atoms with Crippen molar-refractivity contribution < 1.29 is 27.4 Å². The Kier molecular flexibility index (Phi) is 7.15. The fraction of sp³-hybridized carbons (Fsp3) is 0.385. The van der Waals surface area contributed by atoms with Crippen LogP contribution in [0.2, 0.25) is 0 Å². The standard InChI is InChI=1S/C26H26F4N6O2/c1-14(2)24(37)20-10-19-21(12-31-20)33-23(15-11-32-36(13-15)26(29)30)25(34-19)35-7-5-17(6-8-35)38-22-4-3-16(27)9-18(22)28/h3-4,9-14,17,24,26,37H,5-8H2,1-2H3. The largest absolute Gasteiger partial charge is 0.487 e. The maximum absolute atomic E-state index is 14.1. The van der Waals surface area contributed by atoms with Crippen LogP contribution in [0.1, 0.15) is 45.0 Å². The minimum absolute atomic E-state index is 0.0146. The number of halogens is 4. The van der Waals surface area contributed by atoms with Gasteiger partial charge in [0.15, 0.2) is 17.4 Å². The highest BCUT2D eigenvalue weighted by Crippen LogP contribution is 2.33. The van der Waals surface area contributed by atoms with Gasteiger partial charge in [0.2, 0.25) is 0 Å². The molecule has 38 heavy (non-hydrogen) atoms. The van der Waals surface area contributed by atoms with E-state index in [2.05, 4.69) is 15.1 Å². The van der Waals surface area contributed by atoms with Gasteiger partial charge < -0.3 is 14.7 Å². The summed E-state index contributed by atoms with van der Waals surface area (Å²) < 4.78 is 60.0. The monoisotopic (exact) mass is 530 g/mol. The van der Waals surface area contributed by atoms with Crippen molar-refractivity contribution in [2.24, 2.45) is 5.92 Å². The molecule has 12 heteroatoms. The average molecular weight is 531 g/mol. The zero-order valence-corrected chi connectivity index (χ0v) is 20.7. The van der Waals surface area contributed by atoms with E-state index in [4.69, 9.17) is 9.72 Å². The zero-order chi connectivity index (χ0) is 27.0. The highest BCUT2D eigenvalue weighted by molar-refractivity contribution is 5.83. The molecular formula is C26H26F4N6O2. The quantitative estimate of drug-likeness (QED) is 0.325. The fourth-order valence-corrected chi connectivity index (χ4v) is 4.39. The van der Waals surface area contributed by atoms with Crippen molar-refractivity contribution in [1.29, 1.82) is 0 Å². The molecule has 1 fully saturated rings. The molecule has 0 aliphatic carbocycles. The molecule has 5 rings (SSSR count). The number of anilines is 1. The van der Waals surface area contributed by atoms with Gasteiger partial charge in [-0.3, -0.25) is 4.98 Å². The zero-order valence-electron chi connectivity index (χ0n) is 20.7. The molecule has 1 N–H and O–H groups in total. The van der Waals surface area contributed by atoms with Gasteiger partial charge in [-0.15, -0.1) is 0 Å². The van der Waals surface area contributed by atoms with Crippen LogP contribution in [0.5, 0.6) is 5.75 Å². The first-order valence-electron chi connectivity index (χ1n) is 12.2. The predicted molar refractivity (Wildman–Crippen MR) is 132 cm³/mol. The number of hydrogen-bond donors (Lipinski definition) is 1. The van der Waals surface area contributed by atoms with Gasteiger partial charge in [0.05, 0.1) is 29.7 Å². The Morgan fingerprint density at radius 3 is 2.45 bits per heavy atom. The summed E-state index contributed by atoms with van der Waals surface area (Å²) >= 11 is 0. The van der Waals surface area contributed by atoms with Crippen LogP contribution in [0.15, 0.2) is 42.9 Å². The Hall–Kier alpha value is -3.80. The first kappa shape index (κ1) is 25.8. The number of aliphatic hydroxyl groups excluding tert-OH is 1. The Bertz CT molecular complexity index is 1440. The summed E-state index contributed by atoms with van der Waals surface area (Å²) in [6.07, 6.45) is 3.96. The summed E-state index contributed by atoms with van der Waals surface area (Å²) in [6, 6.07) is 4.86. The number of benzene rings is 1. The third-order valence-electron chi connectivity index (χ3n) is 6.49. The Balaban J connectivity index is 1.46. The van der Waals surface area contributed by atoms with E-state index in [-0.39, 0.29) is 17.8 Å². The Morgan fingerprint density at radius 1 is 1.03 bits per heavy atom. The van der Waals surface area contributed by atoms with Crippen molar-refractivity contribution in [2.75, 3.05) is 18.0 Å². The van der Waals surface area contributed by atoms with Crippen LogP contribution in [0.25, 0.3) is 22.3 Å². The van der Waals surface area contributed by atoms with Gasteiger partial charge in [0, 0.05) is 43.8 Å². The molecule has 1 aliphatic heterocycles. The minimum atomic E-state index is -2.80. The number of aliphatic hydroxyl groups is 1. The lowest BCUT2D eigenvalue weighted by Crippen LogP contribution is -2.39. The molecule has 4 aromatic rings. The number of nitrogens with zero attached hydrogens (tertiary/aromatic N) is 6. The summed E-state index contributed by atoms with van der Waals surface area (Å²) in [5.41, 5.74) is 2.14. The maximum Gasteiger partial charge on any atom is 0.333 e. The lowest BCUT2D eigenvalue weighted by Gasteiger charge is -2.33. The van der Waals surface area contributed by atoms with Gasteiger partial charge in [-0.05, 0) is 24.1 Å². The first-order chi connectivity index (χ1) is 18.2. The van der Waals surface area contributed by atoms with Gasteiger partial charge in [0.1, 0.15) is 23.1 Å². The average Bonchev–Trinajstić information content (AvgIpc) is 3.40. The second-order valence-corrected chi connectivity index (χ2v) is 9.55. The van der Waals surface area contributed by atoms with Crippen LogP contribution in [-0.2, 0) is 0 Å². The predicted octanol–water partition coefficient (Wildman–Crippen LogP) is 5.30.